The molecule has 4 rings (SSSR count). The number of amides is 1. The van der Waals surface area contributed by atoms with Crippen LogP contribution in [-0.4, -0.2) is 12.5 Å². The summed E-state index contributed by atoms with van der Waals surface area (Å²) in [7, 11) is 0. The maximum absolute atomic E-state index is 12.9. The van der Waals surface area contributed by atoms with Crippen molar-refractivity contribution in [3.63, 3.8) is 0 Å². The molecule has 0 saturated carbocycles. The minimum absolute atomic E-state index is 0.105. The summed E-state index contributed by atoms with van der Waals surface area (Å²) in [5, 5.41) is 13.4. The van der Waals surface area contributed by atoms with Gasteiger partial charge in [-0.15, -0.1) is 0 Å². The Morgan fingerprint density at radius 1 is 0.927 bits per heavy atom. The largest absolute Gasteiger partial charge is 0.490 e. The van der Waals surface area contributed by atoms with E-state index in [1.165, 1.54) is 6.08 Å². The molecule has 0 aromatic heterocycles. The zero-order valence-corrected chi connectivity index (χ0v) is 25.1. The van der Waals surface area contributed by atoms with E-state index in [1.54, 1.807) is 42.5 Å². The third kappa shape index (κ3) is 8.51. The Labute approximate surface area is 257 Å². The van der Waals surface area contributed by atoms with E-state index in [2.05, 4.69) is 21.2 Å². The van der Waals surface area contributed by atoms with Crippen LogP contribution < -0.4 is 19.5 Å². The SMILES string of the molecule is CCOc1cc(/C=C(\C#N)C(=O)Nc2ccc(OCc3ccccc3Cl)cc2)cc(Cl)c1OCc1ccc(Br)cc1. The van der Waals surface area contributed by atoms with Gasteiger partial charge in [0.15, 0.2) is 11.5 Å². The first kappa shape index (κ1) is 30.0. The molecule has 0 unspecified atom stereocenters. The van der Waals surface area contributed by atoms with Gasteiger partial charge in [0.1, 0.15) is 30.6 Å². The monoisotopic (exact) mass is 650 g/mol. The average Bonchev–Trinajstić information content (AvgIpc) is 2.97. The molecule has 41 heavy (non-hydrogen) atoms. The normalized spacial score (nSPS) is 11.0. The lowest BCUT2D eigenvalue weighted by molar-refractivity contribution is -0.112. The van der Waals surface area contributed by atoms with Gasteiger partial charge in [-0.05, 0) is 78.7 Å². The molecular weight excluding hydrogens is 627 g/mol. The predicted octanol–water partition coefficient (Wildman–Crippen LogP) is 8.86. The van der Waals surface area contributed by atoms with Gasteiger partial charge in [0.25, 0.3) is 5.91 Å². The van der Waals surface area contributed by atoms with Crippen LogP contribution in [0.15, 0.2) is 95.0 Å². The van der Waals surface area contributed by atoms with Crippen molar-refractivity contribution in [3.05, 3.63) is 122 Å². The van der Waals surface area contributed by atoms with Gasteiger partial charge >= 0.3 is 0 Å². The number of nitrogens with one attached hydrogen (secondary N) is 1. The standard InChI is InChI=1S/C32H25BrCl2N2O4/c1-2-39-30-17-22(16-29(35)31(30)41-19-21-7-9-25(33)10-8-21)15-24(18-36)32(38)37-26-11-13-27(14-12-26)40-20-23-5-3-4-6-28(23)34/h3-17H,2,19-20H2,1H3,(H,37,38)/b24-15+. The zero-order valence-electron chi connectivity index (χ0n) is 22.0. The van der Waals surface area contributed by atoms with Crippen LogP contribution in [0.1, 0.15) is 23.6 Å². The van der Waals surface area contributed by atoms with Crippen LogP contribution in [0.25, 0.3) is 6.08 Å². The molecule has 0 fully saturated rings. The predicted molar refractivity (Wildman–Crippen MR) is 166 cm³/mol. The Morgan fingerprint density at radius 3 is 2.34 bits per heavy atom. The highest BCUT2D eigenvalue weighted by atomic mass is 79.9. The van der Waals surface area contributed by atoms with Gasteiger partial charge in [0, 0.05) is 20.7 Å². The Hall–Kier alpha value is -3.96. The number of hydrogen-bond acceptors (Lipinski definition) is 5. The lowest BCUT2D eigenvalue weighted by Gasteiger charge is -2.15. The van der Waals surface area contributed by atoms with E-state index < -0.39 is 5.91 Å². The maximum atomic E-state index is 12.9. The van der Waals surface area contributed by atoms with Crippen LogP contribution in [-0.2, 0) is 18.0 Å². The van der Waals surface area contributed by atoms with Crippen molar-refractivity contribution in [2.75, 3.05) is 11.9 Å². The van der Waals surface area contributed by atoms with Crippen LogP contribution >= 0.6 is 39.1 Å². The second-order valence-electron chi connectivity index (χ2n) is 8.71. The molecule has 0 radical (unpaired) electrons. The third-order valence-corrected chi connectivity index (χ3v) is 6.95. The topological polar surface area (TPSA) is 80.6 Å². The molecule has 0 aliphatic rings. The zero-order chi connectivity index (χ0) is 29.2. The summed E-state index contributed by atoms with van der Waals surface area (Å²) in [6.45, 7) is 2.82. The second-order valence-corrected chi connectivity index (χ2v) is 10.4. The number of hydrogen-bond donors (Lipinski definition) is 1. The van der Waals surface area contributed by atoms with E-state index in [-0.39, 0.29) is 12.2 Å². The first-order chi connectivity index (χ1) is 19.9. The van der Waals surface area contributed by atoms with Crippen molar-refractivity contribution < 1.29 is 19.0 Å². The first-order valence-electron chi connectivity index (χ1n) is 12.6. The molecule has 208 valence electrons. The molecule has 0 saturated heterocycles. The Balaban J connectivity index is 1.44. The number of anilines is 1. The van der Waals surface area contributed by atoms with Crippen molar-refractivity contribution in [2.45, 2.75) is 20.1 Å². The van der Waals surface area contributed by atoms with Gasteiger partial charge in [-0.25, -0.2) is 0 Å². The molecule has 4 aromatic rings. The molecule has 0 atom stereocenters. The Morgan fingerprint density at radius 2 is 1.66 bits per heavy atom. The molecule has 0 aliphatic carbocycles. The number of halogens is 3. The van der Waals surface area contributed by atoms with Crippen molar-refractivity contribution in [3.8, 4) is 23.3 Å². The van der Waals surface area contributed by atoms with E-state index in [0.717, 1.165) is 15.6 Å². The van der Waals surface area contributed by atoms with Gasteiger partial charge in [-0.2, -0.15) is 5.26 Å². The van der Waals surface area contributed by atoms with Crippen molar-refractivity contribution in [1.82, 2.24) is 0 Å². The molecule has 9 heteroatoms. The molecule has 0 heterocycles. The molecular formula is C32H25BrCl2N2O4. The summed E-state index contributed by atoms with van der Waals surface area (Å²) < 4.78 is 18.5. The number of ether oxygens (including phenoxy) is 3. The molecule has 0 aliphatic heterocycles. The number of benzene rings is 4. The summed E-state index contributed by atoms with van der Waals surface area (Å²) in [6, 6.07) is 27.3. The van der Waals surface area contributed by atoms with Crippen molar-refractivity contribution in [2.24, 2.45) is 0 Å². The van der Waals surface area contributed by atoms with E-state index in [4.69, 9.17) is 37.4 Å². The highest BCUT2D eigenvalue weighted by Crippen LogP contribution is 2.38. The lowest BCUT2D eigenvalue weighted by Crippen LogP contribution is -2.13. The fourth-order valence-corrected chi connectivity index (χ4v) is 4.46. The van der Waals surface area contributed by atoms with E-state index >= 15 is 0 Å². The third-order valence-electron chi connectivity index (χ3n) is 5.77. The first-order valence-corrected chi connectivity index (χ1v) is 14.1. The Bertz CT molecular complexity index is 1580. The van der Waals surface area contributed by atoms with Crippen molar-refractivity contribution in [1.29, 1.82) is 5.26 Å². The van der Waals surface area contributed by atoms with Crippen LogP contribution in [0.5, 0.6) is 17.2 Å². The van der Waals surface area contributed by atoms with E-state index in [9.17, 15) is 10.1 Å². The molecule has 1 N–H and O–H groups in total. The van der Waals surface area contributed by atoms with Crippen LogP contribution in [0, 0.1) is 11.3 Å². The summed E-state index contributed by atoms with van der Waals surface area (Å²) >= 11 is 16.1. The molecule has 0 spiro atoms. The number of carbonyl (C=O) groups excluding carboxylic acids is 1. The van der Waals surface area contributed by atoms with Gasteiger partial charge in [-0.1, -0.05) is 69.5 Å². The van der Waals surface area contributed by atoms with Gasteiger partial charge in [0.05, 0.1) is 11.6 Å². The molecule has 0 bridgehead atoms. The highest BCUT2D eigenvalue weighted by molar-refractivity contribution is 9.10. The lowest BCUT2D eigenvalue weighted by atomic mass is 10.1. The fraction of sp³-hybridized carbons (Fsp3) is 0.125. The average molecular weight is 652 g/mol. The van der Waals surface area contributed by atoms with Gasteiger partial charge < -0.3 is 19.5 Å². The van der Waals surface area contributed by atoms with Crippen molar-refractivity contribution >= 4 is 56.8 Å². The molecule has 4 aromatic carbocycles. The fourth-order valence-electron chi connectivity index (χ4n) is 3.74. The maximum Gasteiger partial charge on any atom is 0.266 e. The summed E-state index contributed by atoms with van der Waals surface area (Å²) in [5.41, 5.74) is 2.74. The smallest absolute Gasteiger partial charge is 0.266 e. The van der Waals surface area contributed by atoms with Crippen LogP contribution in [0.3, 0.4) is 0 Å². The van der Waals surface area contributed by atoms with Crippen LogP contribution in [0.4, 0.5) is 5.69 Å². The number of nitriles is 1. The quantitative estimate of drug-likeness (QED) is 0.129. The minimum atomic E-state index is -0.568. The molecule has 1 amide bonds. The van der Waals surface area contributed by atoms with Gasteiger partial charge in [0.2, 0.25) is 0 Å². The van der Waals surface area contributed by atoms with E-state index in [0.29, 0.717) is 51.8 Å². The van der Waals surface area contributed by atoms with Gasteiger partial charge in [-0.3, -0.25) is 4.79 Å². The number of rotatable bonds is 11. The molecule has 6 nitrogen and oxygen atoms in total. The minimum Gasteiger partial charge on any atom is -0.490 e. The van der Waals surface area contributed by atoms with E-state index in [1.807, 2.05) is 55.5 Å². The summed E-state index contributed by atoms with van der Waals surface area (Å²) in [4.78, 5) is 12.9. The highest BCUT2D eigenvalue weighted by Gasteiger charge is 2.15. The summed E-state index contributed by atoms with van der Waals surface area (Å²) in [6.07, 6.45) is 1.45. The Kier molecular flexibility index (Phi) is 10.7. The summed E-state index contributed by atoms with van der Waals surface area (Å²) in [5.74, 6) is 0.836. The number of nitrogens with zero attached hydrogens (tertiary/aromatic N) is 1. The second kappa shape index (κ2) is 14.6. The number of carbonyl (C=O) groups is 1. The van der Waals surface area contributed by atoms with Crippen LogP contribution in [0.2, 0.25) is 10.0 Å².